The van der Waals surface area contributed by atoms with Crippen molar-refractivity contribution in [1.82, 2.24) is 4.90 Å². The molecule has 0 saturated carbocycles. The highest BCUT2D eigenvalue weighted by Crippen LogP contribution is 2.19. The van der Waals surface area contributed by atoms with E-state index in [1.165, 1.54) is 0 Å². The standard InChI is InChI=1S/C10H18N2O3/c1-10(11)6-4-2-3-5-7-12(8(10)13)9(14)15/h2-7,11H2,1H3,(H,14,15). The fraction of sp³-hybridized carbons (Fsp3) is 0.800. The van der Waals surface area contributed by atoms with E-state index in [1.54, 1.807) is 6.92 Å². The molecule has 0 spiro atoms. The van der Waals surface area contributed by atoms with Gasteiger partial charge in [-0.25, -0.2) is 9.69 Å². The lowest BCUT2D eigenvalue weighted by Crippen LogP contribution is -2.54. The predicted octanol–water partition coefficient (Wildman–Crippen LogP) is 1.17. The number of rotatable bonds is 0. The van der Waals surface area contributed by atoms with Gasteiger partial charge in [0.25, 0.3) is 5.91 Å². The molecule has 1 saturated heterocycles. The topological polar surface area (TPSA) is 83.6 Å². The SMILES string of the molecule is CC1(N)CCCCCCN(C(=O)O)C1=O. The lowest BCUT2D eigenvalue weighted by atomic mass is 9.94. The first-order valence-electron chi connectivity index (χ1n) is 5.29. The van der Waals surface area contributed by atoms with Crippen LogP contribution in [0.5, 0.6) is 0 Å². The van der Waals surface area contributed by atoms with E-state index in [0.29, 0.717) is 6.42 Å². The van der Waals surface area contributed by atoms with Crippen molar-refractivity contribution in [2.45, 2.75) is 44.6 Å². The third-order valence-electron chi connectivity index (χ3n) is 2.79. The Morgan fingerprint density at radius 2 is 2.00 bits per heavy atom. The smallest absolute Gasteiger partial charge is 0.414 e. The molecule has 1 rings (SSSR count). The fourth-order valence-corrected chi connectivity index (χ4v) is 1.81. The minimum absolute atomic E-state index is 0.265. The van der Waals surface area contributed by atoms with Gasteiger partial charge in [-0.3, -0.25) is 4.79 Å². The highest BCUT2D eigenvalue weighted by atomic mass is 16.4. The fourth-order valence-electron chi connectivity index (χ4n) is 1.81. The molecule has 3 N–H and O–H groups in total. The van der Waals surface area contributed by atoms with Gasteiger partial charge >= 0.3 is 6.09 Å². The maximum atomic E-state index is 11.8. The van der Waals surface area contributed by atoms with Crippen molar-refractivity contribution in [3.63, 3.8) is 0 Å². The molecular weight excluding hydrogens is 196 g/mol. The van der Waals surface area contributed by atoms with Crippen molar-refractivity contribution >= 4 is 12.0 Å². The minimum Gasteiger partial charge on any atom is -0.465 e. The number of hydrogen-bond acceptors (Lipinski definition) is 3. The first-order chi connectivity index (χ1) is 6.95. The van der Waals surface area contributed by atoms with Gasteiger partial charge in [0.2, 0.25) is 0 Å². The molecule has 5 nitrogen and oxygen atoms in total. The number of imide groups is 1. The molecule has 1 atom stereocenters. The second-order valence-electron chi connectivity index (χ2n) is 4.32. The molecule has 0 aromatic heterocycles. The Morgan fingerprint density at radius 3 is 2.60 bits per heavy atom. The average Bonchev–Trinajstić information content (AvgIpc) is 2.19. The van der Waals surface area contributed by atoms with Crippen LogP contribution in [-0.4, -0.2) is 34.1 Å². The molecule has 1 fully saturated rings. The number of nitrogens with zero attached hydrogens (tertiary/aromatic N) is 1. The molecule has 0 radical (unpaired) electrons. The molecule has 1 aliphatic heterocycles. The Bertz CT molecular complexity index is 263. The van der Waals surface area contributed by atoms with Crippen molar-refractivity contribution in [3.05, 3.63) is 0 Å². The summed E-state index contributed by atoms with van der Waals surface area (Å²) in [4.78, 5) is 23.6. The summed E-state index contributed by atoms with van der Waals surface area (Å²) in [5.74, 6) is -0.475. The number of amides is 2. The summed E-state index contributed by atoms with van der Waals surface area (Å²) in [7, 11) is 0. The molecule has 5 heteroatoms. The van der Waals surface area contributed by atoms with Crippen LogP contribution >= 0.6 is 0 Å². The molecule has 86 valence electrons. The number of carboxylic acid groups (broad SMARTS) is 1. The molecule has 0 aromatic carbocycles. The van der Waals surface area contributed by atoms with Gasteiger partial charge in [-0.15, -0.1) is 0 Å². The Morgan fingerprint density at radius 1 is 1.40 bits per heavy atom. The molecule has 0 aliphatic carbocycles. The third-order valence-corrected chi connectivity index (χ3v) is 2.79. The van der Waals surface area contributed by atoms with Crippen LogP contribution in [0.2, 0.25) is 0 Å². The molecule has 0 aromatic rings. The summed E-state index contributed by atoms with van der Waals surface area (Å²) in [6.45, 7) is 1.87. The van der Waals surface area contributed by atoms with Crippen LogP contribution in [0.4, 0.5) is 4.79 Å². The molecule has 15 heavy (non-hydrogen) atoms. The number of carbonyl (C=O) groups is 2. The number of hydrogen-bond donors (Lipinski definition) is 2. The van der Waals surface area contributed by atoms with Crippen LogP contribution in [0, 0.1) is 0 Å². The van der Waals surface area contributed by atoms with E-state index < -0.39 is 17.5 Å². The van der Waals surface area contributed by atoms with Gasteiger partial charge < -0.3 is 10.8 Å². The third kappa shape index (κ3) is 2.92. The van der Waals surface area contributed by atoms with Crippen molar-refractivity contribution < 1.29 is 14.7 Å². The molecule has 1 aliphatic rings. The predicted molar refractivity (Wildman–Crippen MR) is 55.4 cm³/mol. The van der Waals surface area contributed by atoms with Crippen molar-refractivity contribution in [2.75, 3.05) is 6.54 Å². The monoisotopic (exact) mass is 214 g/mol. The van der Waals surface area contributed by atoms with Crippen LogP contribution in [0.3, 0.4) is 0 Å². The molecule has 2 amide bonds. The highest BCUT2D eigenvalue weighted by Gasteiger charge is 2.35. The molecule has 0 bridgehead atoms. The van der Waals surface area contributed by atoms with Gasteiger partial charge in [0.05, 0.1) is 5.54 Å². The van der Waals surface area contributed by atoms with E-state index in [0.717, 1.165) is 30.6 Å². The van der Waals surface area contributed by atoms with Crippen LogP contribution in [0.25, 0.3) is 0 Å². The Labute approximate surface area is 89.2 Å². The zero-order valence-corrected chi connectivity index (χ0v) is 9.03. The van der Waals surface area contributed by atoms with E-state index in [1.807, 2.05) is 0 Å². The first-order valence-corrected chi connectivity index (χ1v) is 5.29. The lowest BCUT2D eigenvalue weighted by Gasteiger charge is -2.27. The average molecular weight is 214 g/mol. The van der Waals surface area contributed by atoms with Crippen molar-refractivity contribution in [2.24, 2.45) is 5.73 Å². The summed E-state index contributed by atoms with van der Waals surface area (Å²) in [5.41, 5.74) is 4.79. The largest absolute Gasteiger partial charge is 0.465 e. The summed E-state index contributed by atoms with van der Waals surface area (Å²) < 4.78 is 0. The van der Waals surface area contributed by atoms with Crippen LogP contribution in [0.1, 0.15) is 39.0 Å². The second-order valence-corrected chi connectivity index (χ2v) is 4.32. The van der Waals surface area contributed by atoms with Crippen LogP contribution < -0.4 is 5.73 Å². The van der Waals surface area contributed by atoms with Crippen molar-refractivity contribution in [3.8, 4) is 0 Å². The van der Waals surface area contributed by atoms with E-state index >= 15 is 0 Å². The summed E-state index contributed by atoms with van der Waals surface area (Å²) in [6.07, 6.45) is 2.93. The van der Waals surface area contributed by atoms with Crippen LogP contribution in [-0.2, 0) is 4.79 Å². The van der Waals surface area contributed by atoms with E-state index in [4.69, 9.17) is 10.8 Å². The lowest BCUT2D eigenvalue weighted by molar-refractivity contribution is -0.134. The number of carbonyl (C=O) groups excluding carboxylic acids is 1. The van der Waals surface area contributed by atoms with Gasteiger partial charge in [-0.05, 0) is 19.8 Å². The first kappa shape index (κ1) is 12.0. The Balaban J connectivity index is 2.84. The molecule has 1 unspecified atom stereocenters. The van der Waals surface area contributed by atoms with Crippen molar-refractivity contribution in [1.29, 1.82) is 0 Å². The van der Waals surface area contributed by atoms with Gasteiger partial charge in [0.15, 0.2) is 0 Å². The highest BCUT2D eigenvalue weighted by molar-refractivity contribution is 5.96. The Hall–Kier alpha value is -1.10. The maximum Gasteiger partial charge on any atom is 0.414 e. The van der Waals surface area contributed by atoms with E-state index in [9.17, 15) is 9.59 Å². The molecule has 1 heterocycles. The van der Waals surface area contributed by atoms with Gasteiger partial charge in [-0.2, -0.15) is 0 Å². The summed E-state index contributed by atoms with van der Waals surface area (Å²) in [5, 5.41) is 8.90. The molecular formula is C10H18N2O3. The van der Waals surface area contributed by atoms with Crippen LogP contribution in [0.15, 0.2) is 0 Å². The maximum absolute atomic E-state index is 11.8. The minimum atomic E-state index is -1.20. The second kappa shape index (κ2) is 4.61. The van der Waals surface area contributed by atoms with E-state index in [-0.39, 0.29) is 6.54 Å². The van der Waals surface area contributed by atoms with Gasteiger partial charge in [0.1, 0.15) is 0 Å². The van der Waals surface area contributed by atoms with Gasteiger partial charge in [-0.1, -0.05) is 19.3 Å². The summed E-state index contributed by atoms with van der Waals surface area (Å²) in [6, 6.07) is 0. The number of nitrogens with two attached hydrogens (primary N) is 1. The van der Waals surface area contributed by atoms with E-state index in [2.05, 4.69) is 0 Å². The zero-order valence-electron chi connectivity index (χ0n) is 9.03. The summed E-state index contributed by atoms with van der Waals surface area (Å²) >= 11 is 0. The van der Waals surface area contributed by atoms with Gasteiger partial charge in [0, 0.05) is 6.54 Å². The quantitative estimate of drug-likeness (QED) is 0.634. The Kier molecular flexibility index (Phi) is 3.68. The normalized spacial score (nSPS) is 29.2. The zero-order chi connectivity index (χ0) is 11.5.